The Morgan fingerprint density at radius 3 is 2.50 bits per heavy atom. The fourth-order valence-corrected chi connectivity index (χ4v) is 1.61. The van der Waals surface area contributed by atoms with E-state index in [4.69, 9.17) is 5.73 Å². The van der Waals surface area contributed by atoms with Crippen LogP contribution in [-0.4, -0.2) is 43.5 Å². The van der Waals surface area contributed by atoms with Crippen molar-refractivity contribution in [3.8, 4) is 0 Å². The van der Waals surface area contributed by atoms with Gasteiger partial charge in [-0.15, -0.1) is 0 Å². The minimum absolute atomic E-state index is 0.0402. The highest BCUT2D eigenvalue weighted by molar-refractivity contribution is 5.78. The van der Waals surface area contributed by atoms with Gasteiger partial charge in [-0.3, -0.25) is 4.79 Å². The Morgan fingerprint density at radius 2 is 2.00 bits per heavy atom. The lowest BCUT2D eigenvalue weighted by molar-refractivity contribution is -0.124. The molecule has 1 atom stereocenters. The molecule has 0 saturated heterocycles. The number of nitrogens with zero attached hydrogens (tertiary/aromatic N) is 1. The maximum Gasteiger partial charge on any atom is 0.222 e. The van der Waals surface area contributed by atoms with Crippen LogP contribution in [0.5, 0.6) is 0 Å². The normalized spacial score (nSPS) is 12.8. The second-order valence-electron chi connectivity index (χ2n) is 4.15. The van der Waals surface area contributed by atoms with Crippen molar-refractivity contribution in [2.24, 2.45) is 11.7 Å². The van der Waals surface area contributed by atoms with Gasteiger partial charge in [0.2, 0.25) is 5.91 Å². The average Bonchev–Trinajstić information content (AvgIpc) is 2.29. The highest BCUT2D eigenvalue weighted by Crippen LogP contribution is 1.99. The first-order valence-corrected chi connectivity index (χ1v) is 6.35. The first-order chi connectivity index (χ1) is 7.65. The van der Waals surface area contributed by atoms with Crippen LogP contribution in [0.25, 0.3) is 0 Å². The highest BCUT2D eigenvalue weighted by atomic mass is 16.1. The summed E-state index contributed by atoms with van der Waals surface area (Å²) in [6.45, 7) is 10.8. The molecule has 0 aromatic carbocycles. The second-order valence-corrected chi connectivity index (χ2v) is 4.15. The van der Waals surface area contributed by atoms with E-state index in [0.29, 0.717) is 6.54 Å². The van der Waals surface area contributed by atoms with Gasteiger partial charge in [0.25, 0.3) is 0 Å². The van der Waals surface area contributed by atoms with Crippen molar-refractivity contribution in [2.45, 2.75) is 33.6 Å². The number of carbonyl (C=O) groups is 1. The van der Waals surface area contributed by atoms with Crippen molar-refractivity contribution in [1.29, 1.82) is 0 Å². The molecular weight excluding hydrogens is 202 g/mol. The number of hydrogen-bond acceptors (Lipinski definition) is 3. The van der Waals surface area contributed by atoms with Gasteiger partial charge in [0.15, 0.2) is 0 Å². The highest BCUT2D eigenvalue weighted by Gasteiger charge is 2.10. The number of hydrogen-bond donors (Lipinski definition) is 2. The maximum absolute atomic E-state index is 11.5. The first kappa shape index (κ1) is 15.4. The lowest BCUT2D eigenvalue weighted by atomic mass is 10.1. The van der Waals surface area contributed by atoms with Gasteiger partial charge < -0.3 is 16.0 Å². The van der Waals surface area contributed by atoms with Crippen LogP contribution >= 0.6 is 0 Å². The van der Waals surface area contributed by atoms with Crippen molar-refractivity contribution in [1.82, 2.24) is 10.2 Å². The average molecular weight is 229 g/mol. The molecular formula is C12H27N3O. The molecule has 1 unspecified atom stereocenters. The zero-order chi connectivity index (χ0) is 12.4. The molecule has 0 aliphatic heterocycles. The summed E-state index contributed by atoms with van der Waals surface area (Å²) in [5.41, 5.74) is 5.41. The Bertz CT molecular complexity index is 181. The standard InChI is InChI=1S/C12H27N3O/c1-4-15(5-2)10-6-9-14-12(16)11(3)7-8-13/h11H,4-10,13H2,1-3H3,(H,14,16). The van der Waals surface area contributed by atoms with E-state index >= 15 is 0 Å². The third kappa shape index (κ3) is 6.80. The van der Waals surface area contributed by atoms with E-state index in [1.165, 1.54) is 0 Å². The minimum Gasteiger partial charge on any atom is -0.356 e. The van der Waals surface area contributed by atoms with Gasteiger partial charge in [-0.25, -0.2) is 0 Å². The minimum atomic E-state index is 0.0402. The van der Waals surface area contributed by atoms with E-state index in [0.717, 1.165) is 39.0 Å². The Balaban J connectivity index is 3.54. The summed E-state index contributed by atoms with van der Waals surface area (Å²) in [6, 6.07) is 0. The third-order valence-electron chi connectivity index (χ3n) is 2.89. The summed E-state index contributed by atoms with van der Waals surface area (Å²) in [7, 11) is 0. The van der Waals surface area contributed by atoms with Crippen molar-refractivity contribution >= 4 is 5.91 Å². The lowest BCUT2D eigenvalue weighted by Crippen LogP contribution is -2.33. The van der Waals surface area contributed by atoms with Crippen LogP contribution < -0.4 is 11.1 Å². The number of amides is 1. The SMILES string of the molecule is CCN(CC)CCCNC(=O)C(C)CCN. The molecule has 0 bridgehead atoms. The van der Waals surface area contributed by atoms with E-state index in [9.17, 15) is 4.79 Å². The van der Waals surface area contributed by atoms with E-state index < -0.39 is 0 Å². The van der Waals surface area contributed by atoms with Gasteiger partial charge >= 0.3 is 0 Å². The molecule has 0 heterocycles. The largest absolute Gasteiger partial charge is 0.356 e. The van der Waals surface area contributed by atoms with E-state index in [1.54, 1.807) is 0 Å². The number of nitrogens with one attached hydrogen (secondary N) is 1. The zero-order valence-electron chi connectivity index (χ0n) is 11.0. The Hall–Kier alpha value is -0.610. The predicted octanol–water partition coefficient (Wildman–Crippen LogP) is 0.819. The summed E-state index contributed by atoms with van der Waals surface area (Å²) < 4.78 is 0. The third-order valence-corrected chi connectivity index (χ3v) is 2.89. The number of rotatable bonds is 9. The fourth-order valence-electron chi connectivity index (χ4n) is 1.61. The quantitative estimate of drug-likeness (QED) is 0.576. The van der Waals surface area contributed by atoms with Crippen molar-refractivity contribution in [3.05, 3.63) is 0 Å². The van der Waals surface area contributed by atoms with Gasteiger partial charge in [-0.1, -0.05) is 20.8 Å². The Kier molecular flexibility index (Phi) is 9.24. The van der Waals surface area contributed by atoms with Crippen LogP contribution in [-0.2, 0) is 4.79 Å². The molecule has 1 amide bonds. The van der Waals surface area contributed by atoms with Gasteiger partial charge in [-0.2, -0.15) is 0 Å². The summed E-state index contributed by atoms with van der Waals surface area (Å²) in [5, 5.41) is 2.95. The van der Waals surface area contributed by atoms with Crippen LogP contribution in [0.2, 0.25) is 0 Å². The second kappa shape index (κ2) is 9.60. The van der Waals surface area contributed by atoms with E-state index in [2.05, 4.69) is 24.1 Å². The van der Waals surface area contributed by atoms with Crippen LogP contribution in [0.3, 0.4) is 0 Å². The van der Waals surface area contributed by atoms with Gasteiger partial charge in [0.05, 0.1) is 0 Å². The van der Waals surface area contributed by atoms with Gasteiger partial charge in [0.1, 0.15) is 0 Å². The molecule has 16 heavy (non-hydrogen) atoms. The molecule has 0 aromatic rings. The van der Waals surface area contributed by atoms with Crippen molar-refractivity contribution in [2.75, 3.05) is 32.7 Å². The topological polar surface area (TPSA) is 58.4 Å². The number of carbonyl (C=O) groups excluding carboxylic acids is 1. The monoisotopic (exact) mass is 229 g/mol. The molecule has 0 aromatic heterocycles. The molecule has 0 fully saturated rings. The molecule has 0 saturated carbocycles. The van der Waals surface area contributed by atoms with Crippen molar-refractivity contribution < 1.29 is 4.79 Å². The molecule has 0 aliphatic rings. The van der Waals surface area contributed by atoms with E-state index in [1.807, 2.05) is 6.92 Å². The smallest absolute Gasteiger partial charge is 0.222 e. The van der Waals surface area contributed by atoms with Crippen LogP contribution in [0, 0.1) is 5.92 Å². The molecule has 0 radical (unpaired) electrons. The molecule has 0 rings (SSSR count). The van der Waals surface area contributed by atoms with Crippen LogP contribution in [0.1, 0.15) is 33.6 Å². The predicted molar refractivity (Wildman–Crippen MR) is 68.3 cm³/mol. The van der Waals surface area contributed by atoms with E-state index in [-0.39, 0.29) is 11.8 Å². The lowest BCUT2D eigenvalue weighted by Gasteiger charge is -2.18. The maximum atomic E-state index is 11.5. The molecule has 96 valence electrons. The first-order valence-electron chi connectivity index (χ1n) is 6.35. The Morgan fingerprint density at radius 1 is 1.38 bits per heavy atom. The molecule has 4 nitrogen and oxygen atoms in total. The Labute approximate surface area is 99.6 Å². The van der Waals surface area contributed by atoms with Crippen LogP contribution in [0.4, 0.5) is 0 Å². The van der Waals surface area contributed by atoms with Gasteiger partial charge in [0, 0.05) is 12.5 Å². The molecule has 3 N–H and O–H groups in total. The molecule has 4 heteroatoms. The van der Waals surface area contributed by atoms with Crippen LogP contribution in [0.15, 0.2) is 0 Å². The molecule has 0 spiro atoms. The summed E-state index contributed by atoms with van der Waals surface area (Å²) in [6.07, 6.45) is 1.78. The van der Waals surface area contributed by atoms with Gasteiger partial charge in [-0.05, 0) is 39.0 Å². The number of nitrogens with two attached hydrogens (primary N) is 1. The fraction of sp³-hybridized carbons (Fsp3) is 0.917. The summed E-state index contributed by atoms with van der Waals surface area (Å²) in [5.74, 6) is 0.170. The molecule has 0 aliphatic carbocycles. The summed E-state index contributed by atoms with van der Waals surface area (Å²) in [4.78, 5) is 13.9. The van der Waals surface area contributed by atoms with Crippen molar-refractivity contribution in [3.63, 3.8) is 0 Å². The zero-order valence-corrected chi connectivity index (χ0v) is 11.0. The summed E-state index contributed by atoms with van der Waals surface area (Å²) >= 11 is 0.